The van der Waals surface area contributed by atoms with Crippen molar-refractivity contribution >= 4 is 11.0 Å². The van der Waals surface area contributed by atoms with Crippen LogP contribution in [0, 0.1) is 12.3 Å². The zero-order chi connectivity index (χ0) is 20.9. The first-order valence-corrected chi connectivity index (χ1v) is 9.80. The smallest absolute Gasteiger partial charge is 0.328 e. The van der Waals surface area contributed by atoms with Crippen molar-refractivity contribution in [3.8, 4) is 11.1 Å². The maximum absolute atomic E-state index is 12.8. The predicted octanol–water partition coefficient (Wildman–Crippen LogP) is 5.24. The Morgan fingerprint density at radius 2 is 1.64 bits per heavy atom. The number of hydrogen-bond acceptors (Lipinski definition) is 2. The Morgan fingerprint density at radius 3 is 2.25 bits per heavy atom. The lowest BCUT2D eigenvalue weighted by Gasteiger charge is -2.24. The Bertz CT molecular complexity index is 1080. The number of hydrogen-bond donors (Lipinski definition) is 0. The molecule has 0 unspecified atom stereocenters. The monoisotopic (exact) mass is 380 g/mol. The summed E-state index contributed by atoms with van der Waals surface area (Å²) in [5, 5.41) is 0. The first-order valence-electron chi connectivity index (χ1n) is 9.80. The summed E-state index contributed by atoms with van der Waals surface area (Å²) in [7, 11) is 3.59. The standard InChI is InChI=1S/C24H32N2O2/c1-16-9-11-18(24(5,6)28-8)14-19(16)17-10-12-20-21(13-17)25(7)22(27)26(20)15-23(2,3)4/h9-14H,15H2,1-8H3. The lowest BCUT2D eigenvalue weighted by molar-refractivity contribution is 0.0192. The summed E-state index contributed by atoms with van der Waals surface area (Å²) >= 11 is 0. The van der Waals surface area contributed by atoms with Gasteiger partial charge in [-0.2, -0.15) is 0 Å². The van der Waals surface area contributed by atoms with Crippen molar-refractivity contribution in [2.24, 2.45) is 12.5 Å². The summed E-state index contributed by atoms with van der Waals surface area (Å²) in [6, 6.07) is 12.8. The van der Waals surface area contributed by atoms with Gasteiger partial charge >= 0.3 is 5.69 Å². The van der Waals surface area contributed by atoms with Crippen LogP contribution >= 0.6 is 0 Å². The van der Waals surface area contributed by atoms with Crippen LogP contribution in [0.15, 0.2) is 41.2 Å². The number of rotatable bonds is 4. The molecule has 0 bridgehead atoms. The van der Waals surface area contributed by atoms with Crippen LogP contribution in [0.25, 0.3) is 22.2 Å². The molecule has 4 nitrogen and oxygen atoms in total. The van der Waals surface area contributed by atoms with Crippen molar-refractivity contribution < 1.29 is 4.74 Å². The van der Waals surface area contributed by atoms with Gasteiger partial charge in [0.15, 0.2) is 0 Å². The van der Waals surface area contributed by atoms with E-state index in [0.717, 1.165) is 22.2 Å². The molecule has 0 aliphatic heterocycles. The molecule has 0 atom stereocenters. The zero-order valence-electron chi connectivity index (χ0n) is 18.4. The van der Waals surface area contributed by atoms with Crippen LogP contribution in [-0.2, 0) is 23.9 Å². The molecule has 0 N–H and O–H groups in total. The number of methoxy groups -OCH3 is 1. The molecule has 2 aromatic carbocycles. The number of aromatic nitrogens is 2. The van der Waals surface area contributed by atoms with Gasteiger partial charge in [0.2, 0.25) is 0 Å². The maximum atomic E-state index is 12.8. The molecular weight excluding hydrogens is 348 g/mol. The zero-order valence-corrected chi connectivity index (χ0v) is 18.4. The largest absolute Gasteiger partial charge is 0.374 e. The maximum Gasteiger partial charge on any atom is 0.328 e. The number of ether oxygens (including phenoxy) is 1. The van der Waals surface area contributed by atoms with Gasteiger partial charge in [-0.05, 0) is 66.6 Å². The Balaban J connectivity index is 2.18. The molecule has 0 spiro atoms. The topological polar surface area (TPSA) is 36.2 Å². The van der Waals surface area contributed by atoms with Crippen molar-refractivity contribution in [3.63, 3.8) is 0 Å². The predicted molar refractivity (Wildman–Crippen MR) is 117 cm³/mol. The van der Waals surface area contributed by atoms with Gasteiger partial charge < -0.3 is 4.74 Å². The molecule has 3 aromatic rings. The quantitative estimate of drug-likeness (QED) is 0.620. The van der Waals surface area contributed by atoms with Crippen molar-refractivity contribution in [3.05, 3.63) is 58.0 Å². The first-order chi connectivity index (χ1) is 12.9. The van der Waals surface area contributed by atoms with Gasteiger partial charge in [0, 0.05) is 20.7 Å². The van der Waals surface area contributed by atoms with Crippen LogP contribution in [0.5, 0.6) is 0 Å². The van der Waals surface area contributed by atoms with E-state index in [1.807, 2.05) is 11.6 Å². The Morgan fingerprint density at radius 1 is 0.964 bits per heavy atom. The number of fused-ring (bicyclic) bond motifs is 1. The van der Waals surface area contributed by atoms with E-state index in [9.17, 15) is 4.79 Å². The van der Waals surface area contributed by atoms with E-state index in [2.05, 4.69) is 77.9 Å². The molecule has 0 fully saturated rings. The van der Waals surface area contributed by atoms with Crippen LogP contribution in [0.4, 0.5) is 0 Å². The van der Waals surface area contributed by atoms with E-state index in [1.54, 1.807) is 11.7 Å². The fourth-order valence-electron chi connectivity index (χ4n) is 3.63. The normalized spacial score (nSPS) is 12.7. The third kappa shape index (κ3) is 3.66. The molecule has 1 aromatic heterocycles. The molecule has 4 heteroatoms. The molecule has 28 heavy (non-hydrogen) atoms. The van der Waals surface area contributed by atoms with E-state index in [-0.39, 0.29) is 16.7 Å². The summed E-state index contributed by atoms with van der Waals surface area (Å²) in [6.07, 6.45) is 0. The average molecular weight is 381 g/mol. The molecule has 1 heterocycles. The summed E-state index contributed by atoms with van der Waals surface area (Å²) in [5.74, 6) is 0. The highest BCUT2D eigenvalue weighted by Gasteiger charge is 2.21. The molecule has 0 aliphatic carbocycles. The van der Waals surface area contributed by atoms with Crippen molar-refractivity contribution in [1.29, 1.82) is 0 Å². The first kappa shape index (κ1) is 20.4. The second-order valence-corrected chi connectivity index (χ2v) is 9.44. The summed E-state index contributed by atoms with van der Waals surface area (Å²) in [5.41, 5.74) is 6.28. The highest BCUT2D eigenvalue weighted by Crippen LogP contribution is 2.32. The Kier molecular flexibility index (Phi) is 5.05. The van der Waals surface area contributed by atoms with Gasteiger partial charge in [-0.15, -0.1) is 0 Å². The molecule has 0 aliphatic rings. The van der Waals surface area contributed by atoms with Gasteiger partial charge in [-0.1, -0.05) is 39.0 Å². The number of benzene rings is 2. The second kappa shape index (κ2) is 6.93. The average Bonchev–Trinajstić information content (AvgIpc) is 2.85. The van der Waals surface area contributed by atoms with E-state index in [1.165, 1.54) is 11.1 Å². The molecule has 0 radical (unpaired) electrons. The van der Waals surface area contributed by atoms with E-state index < -0.39 is 0 Å². The van der Waals surface area contributed by atoms with E-state index in [0.29, 0.717) is 6.54 Å². The SMILES string of the molecule is COC(C)(C)c1ccc(C)c(-c2ccc3c(c2)n(C)c(=O)n3CC(C)(C)C)c1. The molecule has 150 valence electrons. The summed E-state index contributed by atoms with van der Waals surface area (Å²) in [4.78, 5) is 12.8. The number of nitrogens with zero attached hydrogens (tertiary/aromatic N) is 2. The minimum absolute atomic E-state index is 0.0352. The third-order valence-electron chi connectivity index (χ3n) is 5.53. The summed E-state index contributed by atoms with van der Waals surface area (Å²) in [6.45, 7) is 13.4. The lowest BCUT2D eigenvalue weighted by Crippen LogP contribution is -2.27. The molecular formula is C24H32N2O2. The van der Waals surface area contributed by atoms with E-state index >= 15 is 0 Å². The van der Waals surface area contributed by atoms with Crippen LogP contribution in [0.2, 0.25) is 0 Å². The second-order valence-electron chi connectivity index (χ2n) is 9.44. The van der Waals surface area contributed by atoms with Gasteiger partial charge in [-0.3, -0.25) is 9.13 Å². The fourth-order valence-corrected chi connectivity index (χ4v) is 3.63. The summed E-state index contributed by atoms with van der Waals surface area (Å²) < 4.78 is 9.30. The third-order valence-corrected chi connectivity index (χ3v) is 5.53. The minimum atomic E-state index is -0.352. The molecule has 0 saturated carbocycles. The highest BCUT2D eigenvalue weighted by molar-refractivity contribution is 5.83. The highest BCUT2D eigenvalue weighted by atomic mass is 16.5. The van der Waals surface area contributed by atoms with Crippen LogP contribution in [0.3, 0.4) is 0 Å². The Hall–Kier alpha value is -2.33. The number of aryl methyl sites for hydroxylation is 2. The van der Waals surface area contributed by atoms with Gasteiger partial charge in [-0.25, -0.2) is 4.79 Å². The van der Waals surface area contributed by atoms with Crippen LogP contribution in [0.1, 0.15) is 45.7 Å². The van der Waals surface area contributed by atoms with Crippen LogP contribution in [-0.4, -0.2) is 16.2 Å². The van der Waals surface area contributed by atoms with E-state index in [4.69, 9.17) is 4.74 Å². The van der Waals surface area contributed by atoms with Gasteiger partial charge in [0.1, 0.15) is 0 Å². The van der Waals surface area contributed by atoms with Gasteiger partial charge in [0.25, 0.3) is 0 Å². The Labute approximate surface area is 167 Å². The number of imidazole rings is 1. The van der Waals surface area contributed by atoms with Crippen LogP contribution < -0.4 is 5.69 Å². The molecule has 0 amide bonds. The van der Waals surface area contributed by atoms with Crippen molar-refractivity contribution in [2.45, 2.75) is 53.7 Å². The molecule has 0 saturated heterocycles. The van der Waals surface area contributed by atoms with Crippen molar-refractivity contribution in [1.82, 2.24) is 9.13 Å². The minimum Gasteiger partial charge on any atom is -0.374 e. The molecule has 3 rings (SSSR count). The lowest BCUT2D eigenvalue weighted by atomic mass is 9.91. The fraction of sp³-hybridized carbons (Fsp3) is 0.458. The van der Waals surface area contributed by atoms with Gasteiger partial charge in [0.05, 0.1) is 16.6 Å². The van der Waals surface area contributed by atoms with Crippen molar-refractivity contribution in [2.75, 3.05) is 7.11 Å².